The second-order valence-electron chi connectivity index (χ2n) is 5.83. The van der Waals surface area contributed by atoms with Crippen molar-refractivity contribution >= 4 is 5.97 Å². The third-order valence-corrected chi connectivity index (χ3v) is 5.32. The molecule has 2 heteroatoms. The predicted octanol–water partition coefficient (Wildman–Crippen LogP) is 3.61. The number of carbonyl (C=O) groups excluding carboxylic acids is 1. The van der Waals surface area contributed by atoms with Crippen molar-refractivity contribution in [2.45, 2.75) is 64.9 Å². The van der Waals surface area contributed by atoms with Crippen LogP contribution in [-0.2, 0) is 9.53 Å². The molecule has 0 unspecified atom stereocenters. The number of carbonyl (C=O) groups is 1. The van der Waals surface area contributed by atoms with Gasteiger partial charge in [-0.15, -0.1) is 0 Å². The average molecular weight is 234 g/mol. The minimum atomic E-state index is 0.00266. The largest absolute Gasteiger partial charge is 0.458 e. The van der Waals surface area contributed by atoms with Crippen LogP contribution in [0.2, 0.25) is 0 Å². The summed E-state index contributed by atoms with van der Waals surface area (Å²) in [6.07, 6.45) is 8.09. The van der Waals surface area contributed by atoms with Crippen molar-refractivity contribution in [3.63, 3.8) is 0 Å². The molecule has 17 heavy (non-hydrogen) atoms. The summed E-state index contributed by atoms with van der Waals surface area (Å²) in [5, 5.41) is 0. The van der Waals surface area contributed by atoms with Crippen LogP contribution in [0, 0.1) is 11.3 Å². The fourth-order valence-electron chi connectivity index (χ4n) is 4.39. The molecule has 0 radical (unpaired) electrons. The lowest BCUT2D eigenvalue weighted by Gasteiger charge is -2.53. The highest BCUT2D eigenvalue weighted by atomic mass is 16.5. The molecule has 0 amide bonds. The molecule has 0 aromatic heterocycles. The molecule has 3 aliphatic rings. The van der Waals surface area contributed by atoms with Gasteiger partial charge in [-0.2, -0.15) is 0 Å². The van der Waals surface area contributed by atoms with Gasteiger partial charge in [0, 0.05) is 11.0 Å². The lowest BCUT2D eigenvalue weighted by molar-refractivity contribution is -0.156. The van der Waals surface area contributed by atoms with Crippen molar-refractivity contribution in [1.29, 1.82) is 0 Å². The Morgan fingerprint density at radius 2 is 2.18 bits per heavy atom. The summed E-state index contributed by atoms with van der Waals surface area (Å²) >= 11 is 0. The SMILES string of the molecule is CCCCC1=C2C[C@H]3CC[C@@H](OC1=O)[C@@]23CC. The number of esters is 1. The first-order valence-corrected chi connectivity index (χ1v) is 7.17. The molecular weight excluding hydrogens is 212 g/mol. The smallest absolute Gasteiger partial charge is 0.334 e. The van der Waals surface area contributed by atoms with Crippen molar-refractivity contribution < 1.29 is 9.53 Å². The molecule has 0 aromatic carbocycles. The molecule has 2 saturated carbocycles. The molecule has 3 atom stereocenters. The van der Waals surface area contributed by atoms with Gasteiger partial charge in [0.25, 0.3) is 0 Å². The van der Waals surface area contributed by atoms with Crippen LogP contribution in [0.25, 0.3) is 0 Å². The molecule has 1 aliphatic heterocycles. The Balaban J connectivity index is 1.97. The van der Waals surface area contributed by atoms with Crippen LogP contribution in [0.4, 0.5) is 0 Å². The number of hydrogen-bond acceptors (Lipinski definition) is 2. The van der Waals surface area contributed by atoms with Gasteiger partial charge >= 0.3 is 5.97 Å². The maximum Gasteiger partial charge on any atom is 0.334 e. The Kier molecular flexibility index (Phi) is 2.57. The Labute approximate surface area is 103 Å². The van der Waals surface area contributed by atoms with Gasteiger partial charge in [0.15, 0.2) is 0 Å². The molecule has 0 spiro atoms. The summed E-state index contributed by atoms with van der Waals surface area (Å²) < 4.78 is 5.72. The van der Waals surface area contributed by atoms with E-state index in [1.807, 2.05) is 0 Å². The fraction of sp³-hybridized carbons (Fsp3) is 0.800. The van der Waals surface area contributed by atoms with Crippen LogP contribution in [-0.4, -0.2) is 12.1 Å². The van der Waals surface area contributed by atoms with E-state index >= 15 is 0 Å². The minimum Gasteiger partial charge on any atom is -0.458 e. The van der Waals surface area contributed by atoms with Gasteiger partial charge in [-0.05, 0) is 50.0 Å². The van der Waals surface area contributed by atoms with Crippen LogP contribution in [0.15, 0.2) is 11.1 Å². The first kappa shape index (κ1) is 11.3. The average Bonchev–Trinajstić information content (AvgIpc) is 2.60. The molecule has 0 aromatic rings. The van der Waals surface area contributed by atoms with Crippen LogP contribution < -0.4 is 0 Å². The van der Waals surface area contributed by atoms with Gasteiger partial charge in [0.05, 0.1) is 0 Å². The summed E-state index contributed by atoms with van der Waals surface area (Å²) in [5.41, 5.74) is 2.80. The van der Waals surface area contributed by atoms with E-state index in [-0.39, 0.29) is 17.5 Å². The highest BCUT2D eigenvalue weighted by Gasteiger charge is 2.63. The van der Waals surface area contributed by atoms with E-state index in [4.69, 9.17) is 4.74 Å². The van der Waals surface area contributed by atoms with Crippen molar-refractivity contribution in [2.24, 2.45) is 11.3 Å². The van der Waals surface area contributed by atoms with Crippen LogP contribution in [0.1, 0.15) is 58.8 Å². The lowest BCUT2D eigenvalue weighted by atomic mass is 9.53. The van der Waals surface area contributed by atoms with E-state index in [0.29, 0.717) is 0 Å². The zero-order chi connectivity index (χ0) is 12.0. The molecule has 2 aliphatic carbocycles. The molecule has 2 fully saturated rings. The summed E-state index contributed by atoms with van der Waals surface area (Å²) in [6.45, 7) is 4.44. The fourth-order valence-corrected chi connectivity index (χ4v) is 4.39. The Bertz CT molecular complexity index is 382. The highest BCUT2D eigenvalue weighted by molar-refractivity contribution is 5.91. The van der Waals surface area contributed by atoms with Gasteiger partial charge < -0.3 is 4.74 Å². The van der Waals surface area contributed by atoms with E-state index in [9.17, 15) is 4.79 Å². The predicted molar refractivity (Wildman–Crippen MR) is 66.5 cm³/mol. The van der Waals surface area contributed by atoms with Gasteiger partial charge in [-0.1, -0.05) is 20.3 Å². The maximum atomic E-state index is 12.1. The van der Waals surface area contributed by atoms with Crippen molar-refractivity contribution in [3.05, 3.63) is 11.1 Å². The van der Waals surface area contributed by atoms with E-state index in [1.54, 1.807) is 0 Å². The Hall–Kier alpha value is -0.790. The number of rotatable bonds is 4. The van der Waals surface area contributed by atoms with Crippen molar-refractivity contribution in [3.8, 4) is 0 Å². The Morgan fingerprint density at radius 3 is 2.88 bits per heavy atom. The second-order valence-corrected chi connectivity index (χ2v) is 5.83. The van der Waals surface area contributed by atoms with E-state index in [0.717, 1.165) is 43.6 Å². The van der Waals surface area contributed by atoms with Gasteiger partial charge in [0.2, 0.25) is 0 Å². The number of ether oxygens (including phenoxy) is 1. The first-order chi connectivity index (χ1) is 8.24. The molecular formula is C15H22O2. The molecule has 0 bridgehead atoms. The van der Waals surface area contributed by atoms with Gasteiger partial charge in [0.1, 0.15) is 6.10 Å². The van der Waals surface area contributed by atoms with Crippen molar-refractivity contribution in [1.82, 2.24) is 0 Å². The van der Waals surface area contributed by atoms with Crippen molar-refractivity contribution in [2.75, 3.05) is 0 Å². The molecule has 0 N–H and O–H groups in total. The Morgan fingerprint density at radius 1 is 1.35 bits per heavy atom. The van der Waals surface area contributed by atoms with E-state index in [2.05, 4.69) is 13.8 Å². The normalized spacial score (nSPS) is 38.8. The van der Waals surface area contributed by atoms with Crippen LogP contribution in [0.5, 0.6) is 0 Å². The summed E-state index contributed by atoms with van der Waals surface area (Å²) in [6, 6.07) is 0. The van der Waals surface area contributed by atoms with E-state index < -0.39 is 0 Å². The number of hydrogen-bond donors (Lipinski definition) is 0. The monoisotopic (exact) mass is 234 g/mol. The zero-order valence-electron chi connectivity index (χ0n) is 10.9. The topological polar surface area (TPSA) is 26.3 Å². The molecule has 94 valence electrons. The number of unbranched alkanes of at least 4 members (excludes halogenated alkanes) is 1. The van der Waals surface area contributed by atoms with Crippen LogP contribution >= 0.6 is 0 Å². The summed E-state index contributed by atoms with van der Waals surface area (Å²) in [4.78, 5) is 12.1. The first-order valence-electron chi connectivity index (χ1n) is 7.17. The standard InChI is InChI=1S/C15H22O2/c1-3-5-6-11-12-9-10-7-8-13(17-14(11)16)15(10,12)4-2/h10,13H,3-9H2,1-2H3/t10-,13-,15-/m1/s1. The third kappa shape index (κ3) is 1.30. The molecule has 0 saturated heterocycles. The third-order valence-electron chi connectivity index (χ3n) is 5.32. The molecule has 2 nitrogen and oxygen atoms in total. The van der Waals surface area contributed by atoms with Gasteiger partial charge in [-0.3, -0.25) is 0 Å². The van der Waals surface area contributed by atoms with Gasteiger partial charge in [-0.25, -0.2) is 4.79 Å². The minimum absolute atomic E-state index is 0.00266. The lowest BCUT2D eigenvalue weighted by Crippen LogP contribution is -2.51. The quantitative estimate of drug-likeness (QED) is 0.695. The highest BCUT2D eigenvalue weighted by Crippen LogP contribution is 2.66. The molecule has 3 rings (SSSR count). The van der Waals surface area contributed by atoms with E-state index in [1.165, 1.54) is 18.4 Å². The summed E-state index contributed by atoms with van der Waals surface area (Å²) in [7, 11) is 0. The van der Waals surface area contributed by atoms with Crippen LogP contribution in [0.3, 0.4) is 0 Å². The molecule has 1 heterocycles. The second kappa shape index (κ2) is 3.86. The maximum absolute atomic E-state index is 12.1. The summed E-state index contributed by atoms with van der Waals surface area (Å²) in [5.74, 6) is 0.806. The zero-order valence-corrected chi connectivity index (χ0v) is 10.9.